The normalized spacial score (nSPS) is 22.9. The smallest absolute Gasteiger partial charge is 0.665 e. The van der Waals surface area contributed by atoms with Gasteiger partial charge in [-0.25, -0.2) is 0 Å². The van der Waals surface area contributed by atoms with Gasteiger partial charge in [0.05, 0.1) is 24.4 Å². The van der Waals surface area contributed by atoms with Crippen molar-refractivity contribution in [3.8, 4) is 0 Å². The third kappa shape index (κ3) is 13.2. The molecule has 0 aliphatic carbocycles. The van der Waals surface area contributed by atoms with Gasteiger partial charge in [0.1, 0.15) is 0 Å². The van der Waals surface area contributed by atoms with Gasteiger partial charge in [0.15, 0.2) is 0 Å². The fourth-order valence-corrected chi connectivity index (χ4v) is 3.52. The Balaban J connectivity index is 0.00000158. The summed E-state index contributed by atoms with van der Waals surface area (Å²) in [6, 6.07) is 0. The van der Waals surface area contributed by atoms with Gasteiger partial charge in [-0.1, -0.05) is 46.0 Å². The van der Waals surface area contributed by atoms with Crippen LogP contribution < -0.4 is 29.6 Å². The van der Waals surface area contributed by atoms with Crippen molar-refractivity contribution in [3.05, 3.63) is 0 Å². The molecule has 2 saturated heterocycles. The number of hydrogen-bond donors (Lipinski definition) is 1. The standard InChI is InChI=1S/C20H38O3.CHO2.Na/c1-3-17(9-5-7-11-19-13-15-21-19)23-18(4-2)10-6-8-12-20-14-16-22-20;2-1-3;/h17-20H,3-16H2,1-2H3;(H,2,3);/q;-1;+1. The first-order valence-corrected chi connectivity index (χ1v) is 10.6. The van der Waals surface area contributed by atoms with E-state index in [1.54, 1.807) is 0 Å². The molecule has 4 atom stereocenters. The Bertz CT molecular complexity index is 307. The molecule has 27 heavy (non-hydrogen) atoms. The second-order valence-electron chi connectivity index (χ2n) is 7.42. The molecule has 0 saturated carbocycles. The molecule has 4 unspecified atom stereocenters. The summed E-state index contributed by atoms with van der Waals surface area (Å²) < 4.78 is 17.4. The second-order valence-corrected chi connectivity index (χ2v) is 7.42. The molecule has 0 aromatic heterocycles. The van der Waals surface area contributed by atoms with Crippen molar-refractivity contribution in [2.24, 2.45) is 0 Å². The summed E-state index contributed by atoms with van der Waals surface area (Å²) in [5, 5.41) is 6.76. The van der Waals surface area contributed by atoms with Crippen molar-refractivity contribution in [2.45, 2.75) is 115 Å². The fraction of sp³-hybridized carbons (Fsp3) is 0.952. The summed E-state index contributed by atoms with van der Waals surface area (Å²) in [7, 11) is 0. The van der Waals surface area contributed by atoms with Crippen LogP contribution in [0.25, 0.3) is 0 Å². The molecule has 0 spiro atoms. The SMILES string of the molecule is CCC(CCCCC1CCO1)OC(CC)CCCCC1CCO1.O=[C-]O.[Na+]. The number of ether oxygens (including phenoxy) is 3. The molecule has 2 rings (SSSR count). The van der Waals surface area contributed by atoms with Crippen LogP contribution in [0.3, 0.4) is 0 Å². The minimum Gasteiger partial charge on any atom is -0.665 e. The molecule has 0 amide bonds. The van der Waals surface area contributed by atoms with Crippen LogP contribution in [0.4, 0.5) is 0 Å². The third-order valence-corrected chi connectivity index (χ3v) is 5.49. The second kappa shape index (κ2) is 18.4. The van der Waals surface area contributed by atoms with Crippen LogP contribution in [-0.2, 0) is 19.0 Å². The summed E-state index contributed by atoms with van der Waals surface area (Å²) in [5.41, 5.74) is 0. The first-order valence-electron chi connectivity index (χ1n) is 10.6. The van der Waals surface area contributed by atoms with Gasteiger partial charge in [-0.15, -0.1) is 0 Å². The van der Waals surface area contributed by atoms with Gasteiger partial charge in [0.2, 0.25) is 0 Å². The van der Waals surface area contributed by atoms with Crippen LogP contribution in [0.1, 0.15) is 90.9 Å². The van der Waals surface area contributed by atoms with E-state index in [0.29, 0.717) is 30.9 Å². The zero-order chi connectivity index (χ0) is 19.0. The topological polar surface area (TPSA) is 65.0 Å². The molecule has 154 valence electrons. The van der Waals surface area contributed by atoms with Gasteiger partial charge in [0, 0.05) is 13.2 Å². The first kappa shape index (κ1) is 27.4. The van der Waals surface area contributed by atoms with Gasteiger partial charge in [0.25, 0.3) is 0 Å². The van der Waals surface area contributed by atoms with E-state index in [1.165, 1.54) is 64.2 Å². The molecule has 2 aliphatic rings. The zero-order valence-corrected chi connectivity index (χ0v) is 19.8. The van der Waals surface area contributed by atoms with E-state index in [9.17, 15) is 0 Å². The van der Waals surface area contributed by atoms with Crippen LogP contribution >= 0.6 is 0 Å². The molecule has 2 heterocycles. The molecule has 1 N–H and O–H groups in total. The average molecular weight is 395 g/mol. The molecular weight excluding hydrogens is 355 g/mol. The van der Waals surface area contributed by atoms with Gasteiger partial charge in [-0.2, -0.15) is 0 Å². The zero-order valence-electron chi connectivity index (χ0n) is 17.8. The average Bonchev–Trinajstić information content (AvgIpc) is 2.56. The minimum absolute atomic E-state index is 0. The van der Waals surface area contributed by atoms with Crippen LogP contribution in [0.2, 0.25) is 0 Å². The quantitative estimate of drug-likeness (QED) is 0.277. The molecule has 6 heteroatoms. The summed E-state index contributed by atoms with van der Waals surface area (Å²) >= 11 is 0. The van der Waals surface area contributed by atoms with E-state index in [4.69, 9.17) is 24.1 Å². The van der Waals surface area contributed by atoms with Crippen molar-refractivity contribution in [3.63, 3.8) is 0 Å². The third-order valence-electron chi connectivity index (χ3n) is 5.49. The van der Waals surface area contributed by atoms with Gasteiger partial charge in [-0.3, -0.25) is 0 Å². The van der Waals surface area contributed by atoms with E-state index >= 15 is 0 Å². The molecule has 0 aromatic carbocycles. The van der Waals surface area contributed by atoms with Gasteiger partial charge >= 0.3 is 29.6 Å². The molecule has 0 aromatic rings. The molecular formula is C21H39NaO5. The van der Waals surface area contributed by atoms with Crippen molar-refractivity contribution >= 4 is 6.47 Å². The molecule has 2 fully saturated rings. The first-order chi connectivity index (χ1) is 12.7. The van der Waals surface area contributed by atoms with Gasteiger partial charge in [-0.05, 0) is 51.4 Å². The maximum absolute atomic E-state index is 8.24. The summed E-state index contributed by atoms with van der Waals surface area (Å²) in [4.78, 5) is 8.24. The minimum atomic E-state index is 0. The maximum atomic E-state index is 8.24. The Morgan fingerprint density at radius 1 is 0.926 bits per heavy atom. The molecule has 2 aliphatic heterocycles. The molecule has 0 radical (unpaired) electrons. The predicted octanol–water partition coefficient (Wildman–Crippen LogP) is 1.87. The Morgan fingerprint density at radius 3 is 1.56 bits per heavy atom. The maximum Gasteiger partial charge on any atom is 1.00 e. The molecule has 5 nitrogen and oxygen atoms in total. The number of unbranched alkanes of at least 4 members (excludes halogenated alkanes) is 2. The van der Waals surface area contributed by atoms with Crippen LogP contribution in [0, 0.1) is 0 Å². The number of aliphatic hydroxyl groups excluding tert-OH is 1. The summed E-state index contributed by atoms with van der Waals surface area (Å²) in [6.45, 7) is 6.99. The van der Waals surface area contributed by atoms with E-state index in [-0.39, 0.29) is 29.6 Å². The largest absolute Gasteiger partial charge is 1.00 e. The molecule has 0 bridgehead atoms. The number of hydrogen-bond acceptors (Lipinski definition) is 4. The fourth-order valence-electron chi connectivity index (χ4n) is 3.52. The van der Waals surface area contributed by atoms with E-state index in [0.717, 1.165) is 26.1 Å². The van der Waals surface area contributed by atoms with E-state index in [1.807, 2.05) is 0 Å². The van der Waals surface area contributed by atoms with Gasteiger partial charge < -0.3 is 24.1 Å². The monoisotopic (exact) mass is 394 g/mol. The van der Waals surface area contributed by atoms with Crippen molar-refractivity contribution < 1.29 is 53.7 Å². The Kier molecular flexibility index (Phi) is 18.6. The number of rotatable bonds is 14. The van der Waals surface area contributed by atoms with Crippen LogP contribution in [0.15, 0.2) is 0 Å². The summed E-state index contributed by atoms with van der Waals surface area (Å²) in [6.07, 6.45) is 17.0. The Hall–Kier alpha value is 0.350. The Morgan fingerprint density at radius 2 is 1.30 bits per heavy atom. The van der Waals surface area contributed by atoms with Crippen LogP contribution in [0.5, 0.6) is 0 Å². The summed E-state index contributed by atoms with van der Waals surface area (Å²) in [5.74, 6) is 0. The van der Waals surface area contributed by atoms with Crippen molar-refractivity contribution in [1.29, 1.82) is 0 Å². The van der Waals surface area contributed by atoms with Crippen molar-refractivity contribution in [1.82, 2.24) is 0 Å². The predicted molar refractivity (Wildman–Crippen MR) is 103 cm³/mol. The van der Waals surface area contributed by atoms with Crippen LogP contribution in [-0.4, -0.2) is 49.2 Å². The van der Waals surface area contributed by atoms with E-state index < -0.39 is 0 Å². The van der Waals surface area contributed by atoms with E-state index in [2.05, 4.69) is 13.8 Å². The van der Waals surface area contributed by atoms with Crippen molar-refractivity contribution in [2.75, 3.05) is 13.2 Å². The Labute approximate surface area is 188 Å².